The summed E-state index contributed by atoms with van der Waals surface area (Å²) in [5.74, 6) is -0.442. The first-order chi connectivity index (χ1) is 14.0. The van der Waals surface area contributed by atoms with E-state index in [2.05, 4.69) is 10.0 Å². The maximum atomic E-state index is 12.7. The molecule has 0 aromatic heterocycles. The van der Waals surface area contributed by atoms with Crippen LogP contribution in [0, 0.1) is 6.92 Å². The molecule has 1 heterocycles. The summed E-state index contributed by atoms with van der Waals surface area (Å²) in [5, 5.41) is 2.81. The number of amides is 1. The summed E-state index contributed by atoms with van der Waals surface area (Å²) in [6, 6.07) is 12.4. The SMILES string of the molecule is Cc1cccc(NS(=O)(=O)c2cccc(C(=O)NC3CCCN(S(C)(=O)=O)C3)c2)c1. The third-order valence-electron chi connectivity index (χ3n) is 4.87. The van der Waals surface area contributed by atoms with Crippen molar-refractivity contribution in [3.8, 4) is 0 Å². The van der Waals surface area contributed by atoms with Crippen LogP contribution < -0.4 is 10.0 Å². The van der Waals surface area contributed by atoms with E-state index in [1.807, 2.05) is 13.0 Å². The molecule has 3 rings (SSSR count). The molecule has 0 aliphatic carbocycles. The molecule has 8 nitrogen and oxygen atoms in total. The number of sulfonamides is 2. The van der Waals surface area contributed by atoms with Gasteiger partial charge in [0.15, 0.2) is 0 Å². The van der Waals surface area contributed by atoms with Gasteiger partial charge >= 0.3 is 0 Å². The number of aryl methyl sites for hydroxylation is 1. The fourth-order valence-corrected chi connectivity index (χ4v) is 5.36. The van der Waals surface area contributed by atoms with Gasteiger partial charge in [-0.25, -0.2) is 21.1 Å². The largest absolute Gasteiger partial charge is 0.348 e. The predicted octanol–water partition coefficient (Wildman–Crippen LogP) is 1.95. The Morgan fingerprint density at radius 3 is 2.50 bits per heavy atom. The second-order valence-corrected chi connectivity index (χ2v) is 11.1. The van der Waals surface area contributed by atoms with E-state index in [-0.39, 0.29) is 23.0 Å². The van der Waals surface area contributed by atoms with Crippen LogP contribution in [0.4, 0.5) is 5.69 Å². The molecule has 2 aromatic rings. The Hall–Kier alpha value is -2.43. The standard InChI is InChI=1S/C20H25N3O5S2/c1-15-6-3-8-17(12-15)22-30(27,28)19-10-4-7-16(13-19)20(24)21-18-9-5-11-23(14-18)29(2,25)26/h3-4,6-8,10,12-13,18,22H,5,9,11,14H2,1-2H3,(H,21,24). The minimum Gasteiger partial charge on any atom is -0.348 e. The van der Waals surface area contributed by atoms with Gasteiger partial charge in [0.2, 0.25) is 10.0 Å². The second-order valence-electron chi connectivity index (χ2n) is 7.44. The first-order valence-corrected chi connectivity index (χ1v) is 12.8. The van der Waals surface area contributed by atoms with Crippen LogP contribution >= 0.6 is 0 Å². The van der Waals surface area contributed by atoms with Crippen LogP contribution in [-0.4, -0.2) is 52.4 Å². The van der Waals surface area contributed by atoms with Gasteiger partial charge in [0, 0.05) is 30.4 Å². The molecule has 1 saturated heterocycles. The zero-order valence-electron chi connectivity index (χ0n) is 16.8. The number of rotatable bonds is 6. The van der Waals surface area contributed by atoms with Gasteiger partial charge in [0.05, 0.1) is 11.2 Å². The molecule has 10 heteroatoms. The summed E-state index contributed by atoms with van der Waals surface area (Å²) in [4.78, 5) is 12.6. The van der Waals surface area contributed by atoms with Crippen molar-refractivity contribution in [2.45, 2.75) is 30.7 Å². The summed E-state index contributed by atoms with van der Waals surface area (Å²) < 4.78 is 52.8. The third-order valence-corrected chi connectivity index (χ3v) is 7.51. The van der Waals surface area contributed by atoms with Crippen LogP contribution in [0.3, 0.4) is 0 Å². The van der Waals surface area contributed by atoms with Crippen molar-refractivity contribution in [2.75, 3.05) is 24.1 Å². The number of anilines is 1. The van der Waals surface area contributed by atoms with Crippen LogP contribution in [0.25, 0.3) is 0 Å². The summed E-state index contributed by atoms with van der Waals surface area (Å²) in [6.07, 6.45) is 2.45. The summed E-state index contributed by atoms with van der Waals surface area (Å²) in [5.41, 5.74) is 1.55. The number of hydrogen-bond acceptors (Lipinski definition) is 5. The van der Waals surface area contributed by atoms with Crippen LogP contribution in [0.5, 0.6) is 0 Å². The van der Waals surface area contributed by atoms with Gasteiger partial charge in [0.25, 0.3) is 15.9 Å². The smallest absolute Gasteiger partial charge is 0.261 e. The molecule has 1 atom stereocenters. The molecule has 2 N–H and O–H groups in total. The van der Waals surface area contributed by atoms with Crippen molar-refractivity contribution in [3.05, 3.63) is 59.7 Å². The fraction of sp³-hybridized carbons (Fsp3) is 0.350. The Bertz CT molecular complexity index is 1150. The highest BCUT2D eigenvalue weighted by molar-refractivity contribution is 7.92. The minimum absolute atomic E-state index is 0.0296. The molecule has 0 bridgehead atoms. The number of nitrogens with zero attached hydrogens (tertiary/aromatic N) is 1. The van der Waals surface area contributed by atoms with Gasteiger partial charge in [-0.05, 0) is 55.7 Å². The molecular weight excluding hydrogens is 426 g/mol. The molecular formula is C20H25N3O5S2. The lowest BCUT2D eigenvalue weighted by Crippen LogP contribution is -2.49. The van der Waals surface area contributed by atoms with Gasteiger partial charge < -0.3 is 5.32 Å². The Morgan fingerprint density at radius 1 is 1.07 bits per heavy atom. The molecule has 30 heavy (non-hydrogen) atoms. The lowest BCUT2D eigenvalue weighted by molar-refractivity contribution is 0.0921. The molecule has 0 radical (unpaired) electrons. The van der Waals surface area contributed by atoms with Gasteiger partial charge in [-0.2, -0.15) is 0 Å². The third kappa shape index (κ3) is 5.59. The van der Waals surface area contributed by atoms with Gasteiger partial charge in [-0.3, -0.25) is 9.52 Å². The zero-order chi connectivity index (χ0) is 21.9. The number of hydrogen-bond donors (Lipinski definition) is 2. The maximum Gasteiger partial charge on any atom is 0.261 e. The maximum absolute atomic E-state index is 12.7. The normalized spacial score (nSPS) is 18.0. The molecule has 2 aromatic carbocycles. The van der Waals surface area contributed by atoms with E-state index in [1.165, 1.54) is 28.6 Å². The van der Waals surface area contributed by atoms with E-state index in [4.69, 9.17) is 0 Å². The average molecular weight is 452 g/mol. The molecule has 1 fully saturated rings. The summed E-state index contributed by atoms with van der Waals surface area (Å²) in [7, 11) is -7.19. The van der Waals surface area contributed by atoms with Crippen LogP contribution in [0.2, 0.25) is 0 Å². The molecule has 0 saturated carbocycles. The number of carbonyl (C=O) groups is 1. The lowest BCUT2D eigenvalue weighted by Gasteiger charge is -2.31. The van der Waals surface area contributed by atoms with Gasteiger partial charge in [-0.15, -0.1) is 0 Å². The highest BCUT2D eigenvalue weighted by Gasteiger charge is 2.27. The van der Waals surface area contributed by atoms with Crippen molar-refractivity contribution in [1.29, 1.82) is 0 Å². The topological polar surface area (TPSA) is 113 Å². The number of carbonyl (C=O) groups excluding carboxylic acids is 1. The number of nitrogens with one attached hydrogen (secondary N) is 2. The van der Waals surface area contributed by atoms with E-state index < -0.39 is 26.0 Å². The number of benzene rings is 2. The summed E-state index contributed by atoms with van der Waals surface area (Å²) in [6.45, 7) is 2.50. The molecule has 1 aliphatic heterocycles. The van der Waals surface area contributed by atoms with Crippen LogP contribution in [0.1, 0.15) is 28.8 Å². The monoisotopic (exact) mass is 451 g/mol. The quantitative estimate of drug-likeness (QED) is 0.697. The van der Waals surface area contributed by atoms with Gasteiger partial charge in [0.1, 0.15) is 0 Å². The van der Waals surface area contributed by atoms with E-state index in [0.717, 1.165) is 11.8 Å². The van der Waals surface area contributed by atoms with Crippen LogP contribution in [-0.2, 0) is 20.0 Å². The Morgan fingerprint density at radius 2 is 1.80 bits per heavy atom. The second kappa shape index (κ2) is 8.75. The molecule has 0 spiro atoms. The average Bonchev–Trinajstić information content (AvgIpc) is 2.67. The molecule has 162 valence electrons. The zero-order valence-corrected chi connectivity index (χ0v) is 18.5. The van der Waals surface area contributed by atoms with E-state index in [0.29, 0.717) is 25.1 Å². The van der Waals surface area contributed by atoms with E-state index >= 15 is 0 Å². The predicted molar refractivity (Wildman–Crippen MR) is 115 cm³/mol. The Kier molecular flexibility index (Phi) is 6.49. The van der Waals surface area contributed by atoms with Gasteiger partial charge in [-0.1, -0.05) is 18.2 Å². The Balaban J connectivity index is 1.73. The number of piperidine rings is 1. The first kappa shape index (κ1) is 22.3. The minimum atomic E-state index is -3.86. The molecule has 1 aliphatic rings. The van der Waals surface area contributed by atoms with Crippen molar-refractivity contribution >= 4 is 31.6 Å². The summed E-state index contributed by atoms with van der Waals surface area (Å²) >= 11 is 0. The lowest BCUT2D eigenvalue weighted by atomic mass is 10.1. The van der Waals surface area contributed by atoms with E-state index in [1.54, 1.807) is 18.2 Å². The highest BCUT2D eigenvalue weighted by atomic mass is 32.2. The first-order valence-electron chi connectivity index (χ1n) is 9.50. The molecule has 1 amide bonds. The van der Waals surface area contributed by atoms with Crippen molar-refractivity contribution in [2.24, 2.45) is 0 Å². The fourth-order valence-electron chi connectivity index (χ4n) is 3.36. The van der Waals surface area contributed by atoms with Crippen molar-refractivity contribution in [3.63, 3.8) is 0 Å². The molecule has 1 unspecified atom stereocenters. The highest BCUT2D eigenvalue weighted by Crippen LogP contribution is 2.19. The van der Waals surface area contributed by atoms with E-state index in [9.17, 15) is 21.6 Å². The Labute approximate surface area is 177 Å². The van der Waals surface area contributed by atoms with Crippen LogP contribution in [0.15, 0.2) is 53.4 Å². The van der Waals surface area contributed by atoms with Crippen molar-refractivity contribution < 1.29 is 21.6 Å². The van der Waals surface area contributed by atoms with Crippen molar-refractivity contribution in [1.82, 2.24) is 9.62 Å².